The fourth-order valence-corrected chi connectivity index (χ4v) is 4.43. The van der Waals surface area contributed by atoms with Gasteiger partial charge in [0.15, 0.2) is 5.82 Å². The van der Waals surface area contributed by atoms with Gasteiger partial charge in [0.1, 0.15) is 17.3 Å². The molecule has 0 unspecified atom stereocenters. The van der Waals surface area contributed by atoms with Crippen LogP contribution in [0, 0.1) is 5.82 Å². The summed E-state index contributed by atoms with van der Waals surface area (Å²) in [5, 5.41) is 12.0. The maximum Gasteiger partial charge on any atom is 0.338 e. The van der Waals surface area contributed by atoms with E-state index in [9.17, 15) is 14.0 Å². The van der Waals surface area contributed by atoms with Crippen molar-refractivity contribution in [1.29, 1.82) is 0 Å². The van der Waals surface area contributed by atoms with Gasteiger partial charge in [0.05, 0.1) is 31.1 Å². The van der Waals surface area contributed by atoms with E-state index in [0.717, 1.165) is 43.9 Å². The molecule has 34 heavy (non-hydrogen) atoms. The Labute approximate surface area is 195 Å². The van der Waals surface area contributed by atoms with Crippen LogP contribution in [-0.2, 0) is 4.79 Å². The monoisotopic (exact) mass is 473 g/mol. The molecule has 2 heterocycles. The molecule has 11 heteroatoms. The number of alkyl halides is 1. The molecule has 0 radical (unpaired) electrons. The smallest absolute Gasteiger partial charge is 0.338 e. The molecule has 180 valence electrons. The fourth-order valence-electron chi connectivity index (χ4n) is 4.43. The van der Waals surface area contributed by atoms with Crippen LogP contribution in [-0.4, -0.2) is 59.4 Å². The summed E-state index contributed by atoms with van der Waals surface area (Å²) in [6, 6.07) is 2.02. The summed E-state index contributed by atoms with van der Waals surface area (Å²) in [4.78, 5) is 35.9. The number of halogens is 2. The van der Waals surface area contributed by atoms with Crippen molar-refractivity contribution in [2.75, 3.05) is 35.8 Å². The largest absolute Gasteiger partial charge is 0.495 e. The third-order valence-corrected chi connectivity index (χ3v) is 6.30. The highest BCUT2D eigenvalue weighted by atomic mass is 19.1. The van der Waals surface area contributed by atoms with Crippen molar-refractivity contribution in [2.24, 2.45) is 0 Å². The number of carbonyl (C=O) groups excluding carboxylic acids is 1. The number of aromatic nitrogens is 2. The van der Waals surface area contributed by atoms with Gasteiger partial charge in [-0.1, -0.05) is 19.4 Å². The molecule has 2 N–H and O–H groups in total. The number of methoxy groups -OCH3 is 1. The molecule has 1 aromatic carbocycles. The van der Waals surface area contributed by atoms with Gasteiger partial charge in [-0.2, -0.15) is 4.98 Å². The van der Waals surface area contributed by atoms with Gasteiger partial charge in [-0.3, -0.25) is 4.79 Å². The van der Waals surface area contributed by atoms with Crippen LogP contribution in [0.25, 0.3) is 0 Å². The molecule has 2 aromatic rings. The van der Waals surface area contributed by atoms with Gasteiger partial charge in [0, 0.05) is 19.2 Å². The lowest BCUT2D eigenvalue weighted by atomic mass is 10.0. The highest BCUT2D eigenvalue weighted by molar-refractivity contribution is 6.04. The zero-order valence-corrected chi connectivity index (χ0v) is 18.8. The number of benzene rings is 1. The number of nitrogens with one attached hydrogen (secondary N) is 1. The predicted octanol–water partition coefficient (Wildman–Crippen LogP) is 3.69. The number of carboxylic acid groups (broad SMARTS) is 1. The molecule has 4 rings (SSSR count). The number of anilines is 4. The molecular weight excluding hydrogens is 448 g/mol. The van der Waals surface area contributed by atoms with Gasteiger partial charge in [-0.05, 0) is 25.0 Å². The molecule has 0 saturated heterocycles. The SMILES string of the molecule is C=C[C@@]1(F)CN(C2CCCC2)c2nc(Nc3cc(F)c(C(=O)O)cc3OC)ncc2N(C)C1=O. The molecular formula is C23H25F2N5O4. The minimum atomic E-state index is -2.30. The second kappa shape index (κ2) is 8.88. The third-order valence-electron chi connectivity index (χ3n) is 6.30. The summed E-state index contributed by atoms with van der Waals surface area (Å²) in [7, 11) is 2.77. The van der Waals surface area contributed by atoms with Crippen molar-refractivity contribution >= 4 is 35.0 Å². The first kappa shape index (κ1) is 23.4. The summed E-state index contributed by atoms with van der Waals surface area (Å²) in [5.41, 5.74) is -2.39. The number of hydrogen-bond donors (Lipinski definition) is 2. The van der Waals surface area contributed by atoms with Gasteiger partial charge in [0.25, 0.3) is 5.91 Å². The zero-order chi connectivity index (χ0) is 24.6. The molecule has 9 nitrogen and oxygen atoms in total. The Morgan fingerprint density at radius 2 is 2.09 bits per heavy atom. The van der Waals surface area contributed by atoms with Gasteiger partial charge in [0.2, 0.25) is 11.6 Å². The number of amides is 1. The van der Waals surface area contributed by atoms with Crippen molar-refractivity contribution in [3.63, 3.8) is 0 Å². The number of aromatic carboxylic acids is 1. The standard InChI is InChI=1S/C23H25F2N5O4/c1-4-23(25)12-30(13-7-5-6-8-13)19-17(29(2)21(23)33)11-26-22(28-19)27-16-10-15(24)14(20(31)32)9-18(16)34-3/h4,9-11,13H,1,5-8,12H2,2-3H3,(H,31,32)(H,26,27,28)/t23-/m1/s1. The topological polar surface area (TPSA) is 108 Å². The van der Waals surface area contributed by atoms with E-state index in [-0.39, 0.29) is 30.0 Å². The number of carboxylic acids is 1. The number of rotatable bonds is 6. The van der Waals surface area contributed by atoms with Crippen molar-refractivity contribution in [2.45, 2.75) is 37.4 Å². The Morgan fingerprint density at radius 3 is 2.71 bits per heavy atom. The molecule has 1 amide bonds. The molecule has 1 aliphatic carbocycles. The highest BCUT2D eigenvalue weighted by Gasteiger charge is 2.46. The third kappa shape index (κ3) is 4.02. The van der Waals surface area contributed by atoms with Crippen LogP contribution in [0.15, 0.2) is 31.0 Å². The highest BCUT2D eigenvalue weighted by Crippen LogP contribution is 2.40. The van der Waals surface area contributed by atoms with E-state index in [0.29, 0.717) is 11.5 Å². The fraction of sp³-hybridized carbons (Fsp3) is 0.391. The molecule has 2 aliphatic rings. The van der Waals surface area contributed by atoms with Gasteiger partial charge >= 0.3 is 5.97 Å². The number of fused-ring (bicyclic) bond motifs is 1. The average Bonchev–Trinajstić information content (AvgIpc) is 3.33. The maximum atomic E-state index is 15.6. The maximum absolute atomic E-state index is 15.6. The van der Waals surface area contributed by atoms with Crippen LogP contribution in [0.4, 0.5) is 31.9 Å². The molecule has 0 bridgehead atoms. The summed E-state index contributed by atoms with van der Waals surface area (Å²) < 4.78 is 35.2. The van der Waals surface area contributed by atoms with Crippen LogP contribution in [0.5, 0.6) is 5.75 Å². The quantitative estimate of drug-likeness (QED) is 0.612. The minimum absolute atomic E-state index is 0.0160. The average molecular weight is 473 g/mol. The van der Waals surface area contributed by atoms with Crippen molar-refractivity contribution in [1.82, 2.24) is 9.97 Å². The predicted molar refractivity (Wildman–Crippen MR) is 122 cm³/mol. The van der Waals surface area contributed by atoms with Gasteiger partial charge < -0.3 is 25.0 Å². The van der Waals surface area contributed by atoms with Crippen molar-refractivity contribution in [3.05, 3.63) is 42.4 Å². The molecule has 1 atom stereocenters. The normalized spacial score (nSPS) is 20.6. The van der Waals surface area contributed by atoms with Crippen molar-refractivity contribution in [3.8, 4) is 5.75 Å². The summed E-state index contributed by atoms with van der Waals surface area (Å²) in [6.07, 6.45) is 6.03. The Hall–Kier alpha value is -3.76. The zero-order valence-electron chi connectivity index (χ0n) is 18.8. The summed E-state index contributed by atoms with van der Waals surface area (Å²) in [5.74, 6) is -2.66. The number of hydrogen-bond acceptors (Lipinski definition) is 7. The molecule has 1 aromatic heterocycles. The number of carbonyl (C=O) groups is 2. The first-order chi connectivity index (χ1) is 16.2. The van der Waals surface area contributed by atoms with E-state index in [1.165, 1.54) is 25.3 Å². The van der Waals surface area contributed by atoms with Crippen LogP contribution in [0.1, 0.15) is 36.0 Å². The number of ether oxygens (including phenoxy) is 1. The van der Waals surface area contributed by atoms with Crippen LogP contribution in [0.3, 0.4) is 0 Å². The van der Waals surface area contributed by atoms with Crippen LogP contribution < -0.4 is 19.9 Å². The first-order valence-corrected chi connectivity index (χ1v) is 10.8. The second-order valence-electron chi connectivity index (χ2n) is 8.36. The Kier molecular flexibility index (Phi) is 6.11. The first-order valence-electron chi connectivity index (χ1n) is 10.8. The summed E-state index contributed by atoms with van der Waals surface area (Å²) >= 11 is 0. The molecule has 1 saturated carbocycles. The van der Waals surface area contributed by atoms with Gasteiger partial charge in [-0.15, -0.1) is 0 Å². The molecule has 1 aliphatic heterocycles. The lowest BCUT2D eigenvalue weighted by Crippen LogP contribution is -2.49. The van der Waals surface area contributed by atoms with Crippen LogP contribution >= 0.6 is 0 Å². The van der Waals surface area contributed by atoms with Crippen LogP contribution in [0.2, 0.25) is 0 Å². The van der Waals surface area contributed by atoms with E-state index >= 15 is 4.39 Å². The van der Waals surface area contributed by atoms with E-state index in [1.54, 1.807) is 4.90 Å². The molecule has 1 fully saturated rings. The van der Waals surface area contributed by atoms with Crippen molar-refractivity contribution < 1.29 is 28.2 Å². The Bertz CT molecular complexity index is 1150. The lowest BCUT2D eigenvalue weighted by molar-refractivity contribution is -0.126. The minimum Gasteiger partial charge on any atom is -0.495 e. The van der Waals surface area contributed by atoms with E-state index in [1.807, 2.05) is 0 Å². The second-order valence-corrected chi connectivity index (χ2v) is 8.36. The van der Waals surface area contributed by atoms with E-state index in [4.69, 9.17) is 9.84 Å². The van der Waals surface area contributed by atoms with E-state index < -0.39 is 28.9 Å². The lowest BCUT2D eigenvalue weighted by Gasteiger charge is -2.32. The van der Waals surface area contributed by atoms with Gasteiger partial charge in [-0.25, -0.2) is 18.6 Å². The Balaban J connectivity index is 1.78. The summed E-state index contributed by atoms with van der Waals surface area (Å²) in [6.45, 7) is 3.30. The Morgan fingerprint density at radius 1 is 1.38 bits per heavy atom. The number of nitrogens with zero attached hydrogens (tertiary/aromatic N) is 4. The molecule has 0 spiro atoms. The van der Waals surface area contributed by atoms with E-state index in [2.05, 4.69) is 21.9 Å².